The lowest BCUT2D eigenvalue weighted by Crippen LogP contribution is -2.24. The van der Waals surface area contributed by atoms with E-state index < -0.39 is 11.9 Å². The molecule has 0 heterocycles. The van der Waals surface area contributed by atoms with Crippen molar-refractivity contribution in [3.8, 4) is 11.5 Å². The molecule has 33 heavy (non-hydrogen) atoms. The Labute approximate surface area is 205 Å². The summed E-state index contributed by atoms with van der Waals surface area (Å²) in [5.74, 6) is 0.350. The number of halogens is 2. The Hall–Kier alpha value is -3.16. The maximum Gasteiger partial charge on any atom is 0.343 e. The lowest BCUT2D eigenvalue weighted by Gasteiger charge is -2.09. The third-order valence-electron chi connectivity index (χ3n) is 4.56. The molecule has 0 aromatic heterocycles. The molecule has 3 aromatic rings. The van der Waals surface area contributed by atoms with Gasteiger partial charge < -0.3 is 9.47 Å². The summed E-state index contributed by atoms with van der Waals surface area (Å²) >= 11 is 9.24. The lowest BCUT2D eigenvalue weighted by molar-refractivity contribution is -0.123. The summed E-state index contributed by atoms with van der Waals surface area (Å²) in [6.45, 7) is 4.03. The number of hydrogen-bond donors (Lipinski definition) is 1. The van der Waals surface area contributed by atoms with Crippen LogP contribution in [0.15, 0.2) is 76.3 Å². The van der Waals surface area contributed by atoms with Crippen LogP contribution in [-0.4, -0.2) is 24.7 Å². The summed E-state index contributed by atoms with van der Waals surface area (Å²) in [6.07, 6.45) is 1.39. The van der Waals surface area contributed by atoms with Crippen molar-refractivity contribution in [2.75, 3.05) is 6.61 Å². The third kappa shape index (κ3) is 7.44. The van der Waals surface area contributed by atoms with E-state index in [1.54, 1.807) is 42.5 Å². The molecule has 3 aromatic carbocycles. The third-order valence-corrected chi connectivity index (χ3v) is 5.31. The van der Waals surface area contributed by atoms with E-state index in [-0.39, 0.29) is 12.4 Å². The Bertz CT molecular complexity index is 1150. The van der Waals surface area contributed by atoms with Gasteiger partial charge in [0.15, 0.2) is 6.61 Å². The number of ether oxygens (including phenoxy) is 2. The number of carbonyl (C=O) groups excluding carboxylic acids is 2. The van der Waals surface area contributed by atoms with E-state index >= 15 is 0 Å². The Morgan fingerprint density at radius 1 is 1.06 bits per heavy atom. The molecule has 0 fully saturated rings. The maximum atomic E-state index is 12.4. The molecule has 1 amide bonds. The largest absolute Gasteiger partial charge is 0.484 e. The van der Waals surface area contributed by atoms with Crippen molar-refractivity contribution in [3.63, 3.8) is 0 Å². The minimum atomic E-state index is -0.537. The van der Waals surface area contributed by atoms with Crippen LogP contribution in [0.5, 0.6) is 11.5 Å². The number of nitrogens with one attached hydrogen (secondary N) is 1. The number of hydrogen-bond acceptors (Lipinski definition) is 5. The Balaban J connectivity index is 1.58. The van der Waals surface area contributed by atoms with E-state index in [9.17, 15) is 9.59 Å². The first-order chi connectivity index (χ1) is 15.8. The molecule has 170 valence electrons. The predicted molar refractivity (Wildman–Crippen MR) is 132 cm³/mol. The minimum Gasteiger partial charge on any atom is -0.484 e. The van der Waals surface area contributed by atoms with Gasteiger partial charge in [-0.2, -0.15) is 5.10 Å². The van der Waals surface area contributed by atoms with Crippen LogP contribution < -0.4 is 14.9 Å². The first-order valence-corrected chi connectivity index (χ1v) is 11.3. The van der Waals surface area contributed by atoms with Crippen LogP contribution >= 0.6 is 27.5 Å². The van der Waals surface area contributed by atoms with E-state index in [2.05, 4.69) is 40.3 Å². The highest BCUT2D eigenvalue weighted by Gasteiger charge is 2.12. The molecule has 0 unspecified atom stereocenters. The van der Waals surface area contributed by atoms with Gasteiger partial charge in [-0.1, -0.05) is 53.5 Å². The summed E-state index contributed by atoms with van der Waals surface area (Å²) in [5.41, 5.74) is 4.45. The van der Waals surface area contributed by atoms with Crippen molar-refractivity contribution in [2.24, 2.45) is 5.10 Å². The SMILES string of the molecule is CC(C)c1ccc(OCC(=O)NN=Cc2cc(Br)ccc2OC(=O)c2ccc(Cl)cc2)cc1. The summed E-state index contributed by atoms with van der Waals surface area (Å²) in [7, 11) is 0. The van der Waals surface area contributed by atoms with E-state index in [0.717, 1.165) is 4.47 Å². The van der Waals surface area contributed by atoms with Crippen molar-refractivity contribution in [1.29, 1.82) is 0 Å². The van der Waals surface area contributed by atoms with Gasteiger partial charge in [-0.25, -0.2) is 10.2 Å². The summed E-state index contributed by atoms with van der Waals surface area (Å²) < 4.78 is 11.7. The normalized spacial score (nSPS) is 10.9. The number of esters is 1. The van der Waals surface area contributed by atoms with Crippen molar-refractivity contribution in [3.05, 3.63) is 92.9 Å². The Morgan fingerprint density at radius 2 is 1.76 bits per heavy atom. The second kappa shape index (κ2) is 11.6. The molecule has 0 atom stereocenters. The molecule has 6 nitrogen and oxygen atoms in total. The number of carbonyl (C=O) groups is 2. The second-order valence-electron chi connectivity index (χ2n) is 7.38. The fourth-order valence-corrected chi connectivity index (χ4v) is 3.27. The summed E-state index contributed by atoms with van der Waals surface area (Å²) in [5, 5.41) is 4.47. The van der Waals surface area contributed by atoms with Crippen LogP contribution in [0.4, 0.5) is 0 Å². The molecule has 0 aliphatic heterocycles. The van der Waals surface area contributed by atoms with Crippen LogP contribution in [-0.2, 0) is 4.79 Å². The molecular weight excluding hydrogens is 508 g/mol. The number of nitrogens with zero attached hydrogens (tertiary/aromatic N) is 1. The molecular formula is C25H22BrClN2O4. The van der Waals surface area contributed by atoms with Crippen molar-refractivity contribution in [2.45, 2.75) is 19.8 Å². The molecule has 0 saturated carbocycles. The van der Waals surface area contributed by atoms with E-state index in [0.29, 0.717) is 27.8 Å². The Morgan fingerprint density at radius 3 is 2.42 bits per heavy atom. The van der Waals surface area contributed by atoms with Crippen molar-refractivity contribution >= 4 is 45.6 Å². The minimum absolute atomic E-state index is 0.185. The van der Waals surface area contributed by atoms with Gasteiger partial charge in [-0.15, -0.1) is 0 Å². The van der Waals surface area contributed by atoms with E-state index in [4.69, 9.17) is 21.1 Å². The van der Waals surface area contributed by atoms with Crippen LogP contribution in [0, 0.1) is 0 Å². The zero-order valence-electron chi connectivity index (χ0n) is 18.0. The highest BCUT2D eigenvalue weighted by Crippen LogP contribution is 2.23. The number of benzene rings is 3. The summed E-state index contributed by atoms with van der Waals surface area (Å²) in [6, 6.07) is 19.0. The first kappa shape index (κ1) is 24.5. The van der Waals surface area contributed by atoms with Gasteiger partial charge in [0, 0.05) is 15.1 Å². The fourth-order valence-electron chi connectivity index (χ4n) is 2.76. The molecule has 8 heteroatoms. The molecule has 3 rings (SSSR count). The first-order valence-electron chi connectivity index (χ1n) is 10.1. The van der Waals surface area contributed by atoms with Gasteiger partial charge in [0.1, 0.15) is 11.5 Å². The monoisotopic (exact) mass is 528 g/mol. The quantitative estimate of drug-likeness (QED) is 0.169. The molecule has 0 radical (unpaired) electrons. The van der Waals surface area contributed by atoms with E-state index in [1.807, 2.05) is 24.3 Å². The van der Waals surface area contributed by atoms with Crippen LogP contribution in [0.2, 0.25) is 5.02 Å². The maximum absolute atomic E-state index is 12.4. The smallest absolute Gasteiger partial charge is 0.343 e. The van der Waals surface area contributed by atoms with Crippen LogP contribution in [0.1, 0.15) is 41.3 Å². The van der Waals surface area contributed by atoms with E-state index in [1.165, 1.54) is 11.8 Å². The molecule has 0 aliphatic rings. The van der Waals surface area contributed by atoms with Gasteiger partial charge in [0.2, 0.25) is 0 Å². The lowest BCUT2D eigenvalue weighted by atomic mass is 10.0. The van der Waals surface area contributed by atoms with Gasteiger partial charge in [-0.3, -0.25) is 4.79 Å². The topological polar surface area (TPSA) is 77.0 Å². The second-order valence-corrected chi connectivity index (χ2v) is 8.74. The standard InChI is InChI=1S/C25H22BrClN2O4/c1-16(2)17-5-10-22(11-6-17)32-15-24(30)29-28-14-19-13-20(26)7-12-23(19)33-25(31)18-3-8-21(27)9-4-18/h3-14,16H,15H2,1-2H3,(H,29,30). The number of hydrazone groups is 1. The average molecular weight is 530 g/mol. The fraction of sp³-hybridized carbons (Fsp3) is 0.160. The van der Waals surface area contributed by atoms with Crippen molar-refractivity contribution < 1.29 is 19.1 Å². The molecule has 0 aliphatic carbocycles. The van der Waals surface area contributed by atoms with Gasteiger partial charge >= 0.3 is 5.97 Å². The Kier molecular flexibility index (Phi) is 8.63. The van der Waals surface area contributed by atoms with Gasteiger partial charge in [0.05, 0.1) is 11.8 Å². The van der Waals surface area contributed by atoms with Gasteiger partial charge in [0.25, 0.3) is 5.91 Å². The molecule has 1 N–H and O–H groups in total. The zero-order chi connectivity index (χ0) is 23.8. The zero-order valence-corrected chi connectivity index (χ0v) is 20.4. The average Bonchev–Trinajstić information content (AvgIpc) is 2.80. The molecule has 0 bridgehead atoms. The predicted octanol–water partition coefficient (Wildman–Crippen LogP) is 5.97. The summed E-state index contributed by atoms with van der Waals surface area (Å²) in [4.78, 5) is 24.5. The van der Waals surface area contributed by atoms with Gasteiger partial charge in [-0.05, 0) is 66.1 Å². The number of rotatable bonds is 8. The highest BCUT2D eigenvalue weighted by molar-refractivity contribution is 9.10. The van der Waals surface area contributed by atoms with Crippen molar-refractivity contribution in [1.82, 2.24) is 5.43 Å². The molecule has 0 spiro atoms. The van der Waals surface area contributed by atoms with Crippen LogP contribution in [0.25, 0.3) is 0 Å². The molecule has 0 saturated heterocycles. The highest BCUT2D eigenvalue weighted by atomic mass is 79.9. The number of amides is 1. The van der Waals surface area contributed by atoms with Crippen LogP contribution in [0.3, 0.4) is 0 Å².